The van der Waals surface area contributed by atoms with E-state index in [2.05, 4.69) is 10.3 Å². The molecule has 1 atom stereocenters. The summed E-state index contributed by atoms with van der Waals surface area (Å²) < 4.78 is 11.0. The number of aromatic nitrogens is 1. The molecular weight excluding hydrogens is 322 g/mol. The fraction of sp³-hybridized carbons (Fsp3) is 0.611. The second kappa shape index (κ2) is 8.80. The van der Waals surface area contributed by atoms with Crippen LogP contribution >= 0.6 is 0 Å². The molecule has 1 unspecified atom stereocenters. The summed E-state index contributed by atoms with van der Waals surface area (Å²) in [4.78, 5) is 29.9. The van der Waals surface area contributed by atoms with Gasteiger partial charge < -0.3 is 19.7 Å². The van der Waals surface area contributed by atoms with Crippen LogP contribution in [-0.2, 0) is 20.7 Å². The Hall–Kier alpha value is -2.15. The number of carbonyl (C=O) groups excluding carboxylic acids is 2. The van der Waals surface area contributed by atoms with Crippen molar-refractivity contribution < 1.29 is 19.1 Å². The van der Waals surface area contributed by atoms with Gasteiger partial charge in [-0.15, -0.1) is 0 Å². The minimum atomic E-state index is -0.523. The molecule has 1 aromatic rings. The summed E-state index contributed by atoms with van der Waals surface area (Å²) >= 11 is 0. The Kier molecular flexibility index (Phi) is 6.75. The van der Waals surface area contributed by atoms with E-state index in [0.29, 0.717) is 39.1 Å². The molecule has 1 aromatic heterocycles. The van der Waals surface area contributed by atoms with E-state index < -0.39 is 5.60 Å². The van der Waals surface area contributed by atoms with E-state index in [0.717, 1.165) is 5.69 Å². The van der Waals surface area contributed by atoms with E-state index in [-0.39, 0.29) is 18.1 Å². The SMILES string of the molecule is CC(C)(C)OC(=O)N1CCOC(CNC(=O)CCc2ccccn2)C1. The van der Waals surface area contributed by atoms with Crippen LogP contribution in [0.5, 0.6) is 0 Å². The summed E-state index contributed by atoms with van der Waals surface area (Å²) in [5.74, 6) is -0.0522. The Balaban J connectivity index is 1.71. The molecular formula is C18H27N3O4. The van der Waals surface area contributed by atoms with Gasteiger partial charge in [0.25, 0.3) is 0 Å². The number of nitrogens with zero attached hydrogens (tertiary/aromatic N) is 2. The molecule has 1 N–H and O–H groups in total. The van der Waals surface area contributed by atoms with Gasteiger partial charge in [-0.05, 0) is 39.3 Å². The predicted molar refractivity (Wildman–Crippen MR) is 93.1 cm³/mol. The Morgan fingerprint density at radius 1 is 1.40 bits per heavy atom. The molecule has 7 heteroatoms. The number of nitrogens with one attached hydrogen (secondary N) is 1. The predicted octanol–water partition coefficient (Wildman–Crippen LogP) is 1.77. The molecule has 25 heavy (non-hydrogen) atoms. The first-order valence-electron chi connectivity index (χ1n) is 8.59. The van der Waals surface area contributed by atoms with Crippen molar-refractivity contribution in [3.8, 4) is 0 Å². The Morgan fingerprint density at radius 2 is 2.20 bits per heavy atom. The van der Waals surface area contributed by atoms with Gasteiger partial charge in [0.05, 0.1) is 19.3 Å². The normalized spacial score (nSPS) is 17.9. The number of hydrogen-bond acceptors (Lipinski definition) is 5. The summed E-state index contributed by atoms with van der Waals surface area (Å²) in [5, 5.41) is 2.86. The first-order chi connectivity index (χ1) is 11.8. The topological polar surface area (TPSA) is 80.8 Å². The van der Waals surface area contributed by atoms with Crippen molar-refractivity contribution in [2.75, 3.05) is 26.2 Å². The molecule has 7 nitrogen and oxygen atoms in total. The van der Waals surface area contributed by atoms with E-state index in [4.69, 9.17) is 9.47 Å². The molecule has 1 saturated heterocycles. The van der Waals surface area contributed by atoms with Crippen LogP contribution in [0.3, 0.4) is 0 Å². The highest BCUT2D eigenvalue weighted by Crippen LogP contribution is 2.13. The second-order valence-corrected chi connectivity index (χ2v) is 7.04. The molecule has 0 aromatic carbocycles. The van der Waals surface area contributed by atoms with Gasteiger partial charge in [0.1, 0.15) is 5.60 Å². The van der Waals surface area contributed by atoms with Crippen LogP contribution in [0.4, 0.5) is 4.79 Å². The Morgan fingerprint density at radius 3 is 2.88 bits per heavy atom. The average molecular weight is 349 g/mol. The number of aryl methyl sites for hydroxylation is 1. The summed E-state index contributed by atoms with van der Waals surface area (Å²) in [5.41, 5.74) is 0.368. The second-order valence-electron chi connectivity index (χ2n) is 7.04. The third kappa shape index (κ3) is 7.09. The highest BCUT2D eigenvalue weighted by molar-refractivity contribution is 5.76. The lowest BCUT2D eigenvalue weighted by molar-refractivity contribution is -0.122. The third-order valence-electron chi connectivity index (χ3n) is 3.65. The van der Waals surface area contributed by atoms with Crippen LogP contribution < -0.4 is 5.32 Å². The quantitative estimate of drug-likeness (QED) is 0.876. The molecule has 0 bridgehead atoms. The number of carbonyl (C=O) groups is 2. The van der Waals surface area contributed by atoms with Crippen molar-refractivity contribution >= 4 is 12.0 Å². The van der Waals surface area contributed by atoms with Gasteiger partial charge in [0, 0.05) is 31.4 Å². The van der Waals surface area contributed by atoms with Crippen LogP contribution in [0, 0.1) is 0 Å². The zero-order valence-electron chi connectivity index (χ0n) is 15.2. The Labute approximate surface area is 148 Å². The molecule has 0 spiro atoms. The van der Waals surface area contributed by atoms with Gasteiger partial charge in [-0.3, -0.25) is 9.78 Å². The molecule has 0 saturated carbocycles. The van der Waals surface area contributed by atoms with Crippen molar-refractivity contribution in [1.29, 1.82) is 0 Å². The smallest absolute Gasteiger partial charge is 0.410 e. The van der Waals surface area contributed by atoms with Gasteiger partial charge in [-0.2, -0.15) is 0 Å². The number of amides is 2. The molecule has 1 aliphatic heterocycles. The lowest BCUT2D eigenvalue weighted by Gasteiger charge is -2.34. The summed E-state index contributed by atoms with van der Waals surface area (Å²) in [6.07, 6.45) is 2.12. The van der Waals surface area contributed by atoms with Crippen molar-refractivity contribution in [2.24, 2.45) is 0 Å². The molecule has 138 valence electrons. The Bertz CT molecular complexity index is 571. The molecule has 2 amide bonds. The maximum Gasteiger partial charge on any atom is 0.410 e. The third-order valence-corrected chi connectivity index (χ3v) is 3.65. The van der Waals surface area contributed by atoms with Gasteiger partial charge in [0.15, 0.2) is 0 Å². The largest absolute Gasteiger partial charge is 0.444 e. The molecule has 1 fully saturated rings. The highest BCUT2D eigenvalue weighted by atomic mass is 16.6. The van der Waals surface area contributed by atoms with E-state index in [1.807, 2.05) is 39.0 Å². The van der Waals surface area contributed by atoms with Crippen LogP contribution in [0.2, 0.25) is 0 Å². The van der Waals surface area contributed by atoms with E-state index >= 15 is 0 Å². The lowest BCUT2D eigenvalue weighted by Crippen LogP contribution is -2.50. The summed E-state index contributed by atoms with van der Waals surface area (Å²) in [7, 11) is 0. The van der Waals surface area contributed by atoms with Crippen LogP contribution in [0.1, 0.15) is 32.9 Å². The lowest BCUT2D eigenvalue weighted by atomic mass is 10.2. The zero-order chi connectivity index (χ0) is 18.3. The maximum atomic E-state index is 12.1. The number of morpholine rings is 1. The number of ether oxygens (including phenoxy) is 2. The minimum Gasteiger partial charge on any atom is -0.444 e. The van der Waals surface area contributed by atoms with Crippen molar-refractivity contribution in [2.45, 2.75) is 45.3 Å². The maximum absolute atomic E-state index is 12.1. The van der Waals surface area contributed by atoms with Gasteiger partial charge in [-0.25, -0.2) is 4.79 Å². The fourth-order valence-corrected chi connectivity index (χ4v) is 2.44. The fourth-order valence-electron chi connectivity index (χ4n) is 2.44. The van der Waals surface area contributed by atoms with Gasteiger partial charge in [-0.1, -0.05) is 6.07 Å². The monoisotopic (exact) mass is 349 g/mol. The molecule has 0 aliphatic carbocycles. The van der Waals surface area contributed by atoms with Crippen LogP contribution in [0.25, 0.3) is 0 Å². The van der Waals surface area contributed by atoms with Gasteiger partial charge >= 0.3 is 6.09 Å². The van der Waals surface area contributed by atoms with E-state index in [9.17, 15) is 9.59 Å². The molecule has 2 rings (SSSR count). The van der Waals surface area contributed by atoms with Crippen LogP contribution in [0.15, 0.2) is 24.4 Å². The molecule has 2 heterocycles. The summed E-state index contributed by atoms with van der Waals surface area (Å²) in [6, 6.07) is 5.65. The van der Waals surface area contributed by atoms with E-state index in [1.54, 1.807) is 11.1 Å². The number of pyridine rings is 1. The van der Waals surface area contributed by atoms with Crippen molar-refractivity contribution in [3.05, 3.63) is 30.1 Å². The standard InChI is InChI=1S/C18H27N3O4/c1-18(2,3)25-17(23)21-10-11-24-15(13-21)12-20-16(22)8-7-14-6-4-5-9-19-14/h4-6,9,15H,7-8,10-13H2,1-3H3,(H,20,22). The first kappa shape index (κ1) is 19.2. The summed E-state index contributed by atoms with van der Waals surface area (Å²) in [6.45, 7) is 7.24. The van der Waals surface area contributed by atoms with E-state index in [1.165, 1.54) is 0 Å². The average Bonchev–Trinajstić information content (AvgIpc) is 2.58. The highest BCUT2D eigenvalue weighted by Gasteiger charge is 2.28. The first-order valence-corrected chi connectivity index (χ1v) is 8.59. The minimum absolute atomic E-state index is 0.0522. The number of hydrogen-bond donors (Lipinski definition) is 1. The van der Waals surface area contributed by atoms with Crippen LogP contribution in [-0.4, -0.2) is 59.8 Å². The molecule has 1 aliphatic rings. The number of rotatable bonds is 5. The zero-order valence-corrected chi connectivity index (χ0v) is 15.2. The van der Waals surface area contributed by atoms with Gasteiger partial charge in [0.2, 0.25) is 5.91 Å². The molecule has 0 radical (unpaired) electrons. The van der Waals surface area contributed by atoms with Crippen molar-refractivity contribution in [1.82, 2.24) is 15.2 Å². The van der Waals surface area contributed by atoms with Crippen molar-refractivity contribution in [3.63, 3.8) is 0 Å².